The van der Waals surface area contributed by atoms with E-state index in [1.807, 2.05) is 18.2 Å². The number of rotatable bonds is 9. The van der Waals surface area contributed by atoms with Crippen LogP contribution in [0.3, 0.4) is 0 Å². The molecular weight excluding hydrogens is 354 g/mol. The molecular formula is C20H24ClNO4. The molecule has 0 heterocycles. The van der Waals surface area contributed by atoms with E-state index in [-0.39, 0.29) is 5.91 Å². The monoisotopic (exact) mass is 377 g/mol. The SMILES string of the molecule is COc1ccc(CCCNC(=O)C(C)Oc2cccc(Cl)c2)cc1OC. The van der Waals surface area contributed by atoms with Crippen molar-refractivity contribution in [2.24, 2.45) is 0 Å². The Bertz CT molecular complexity index is 736. The normalized spacial score (nSPS) is 11.5. The number of ether oxygens (including phenoxy) is 3. The molecule has 0 aromatic heterocycles. The summed E-state index contributed by atoms with van der Waals surface area (Å²) >= 11 is 5.91. The lowest BCUT2D eigenvalue weighted by atomic mass is 10.1. The Morgan fingerprint density at radius 1 is 1.12 bits per heavy atom. The molecule has 0 aliphatic heterocycles. The number of aryl methyl sites for hydroxylation is 1. The maximum absolute atomic E-state index is 12.1. The van der Waals surface area contributed by atoms with Crippen molar-refractivity contribution in [1.29, 1.82) is 0 Å². The van der Waals surface area contributed by atoms with Gasteiger partial charge in [0.15, 0.2) is 17.6 Å². The average molecular weight is 378 g/mol. The lowest BCUT2D eigenvalue weighted by Gasteiger charge is -2.15. The molecule has 1 amide bonds. The van der Waals surface area contributed by atoms with Crippen LogP contribution in [0.4, 0.5) is 0 Å². The summed E-state index contributed by atoms with van der Waals surface area (Å²) < 4.78 is 16.1. The molecule has 26 heavy (non-hydrogen) atoms. The lowest BCUT2D eigenvalue weighted by molar-refractivity contribution is -0.127. The van der Waals surface area contributed by atoms with E-state index in [1.54, 1.807) is 45.4 Å². The van der Waals surface area contributed by atoms with Crippen molar-refractivity contribution in [3.8, 4) is 17.2 Å². The van der Waals surface area contributed by atoms with Gasteiger partial charge in [-0.15, -0.1) is 0 Å². The van der Waals surface area contributed by atoms with Crippen LogP contribution < -0.4 is 19.5 Å². The third-order valence-electron chi connectivity index (χ3n) is 3.87. The average Bonchev–Trinajstić information content (AvgIpc) is 2.64. The van der Waals surface area contributed by atoms with Gasteiger partial charge in [0.05, 0.1) is 14.2 Å². The molecule has 1 atom stereocenters. The first kappa shape index (κ1) is 19.9. The summed E-state index contributed by atoms with van der Waals surface area (Å²) in [6.07, 6.45) is 1.05. The molecule has 0 aliphatic rings. The minimum atomic E-state index is -0.588. The van der Waals surface area contributed by atoms with Gasteiger partial charge in [0.2, 0.25) is 0 Å². The molecule has 0 saturated carbocycles. The van der Waals surface area contributed by atoms with E-state index in [2.05, 4.69) is 5.32 Å². The summed E-state index contributed by atoms with van der Waals surface area (Å²) in [7, 11) is 3.23. The van der Waals surface area contributed by atoms with E-state index in [1.165, 1.54) is 0 Å². The van der Waals surface area contributed by atoms with Crippen LogP contribution in [0.15, 0.2) is 42.5 Å². The van der Waals surface area contributed by atoms with Gasteiger partial charge in [0.25, 0.3) is 5.91 Å². The maximum Gasteiger partial charge on any atom is 0.260 e. The number of hydrogen-bond acceptors (Lipinski definition) is 4. The number of methoxy groups -OCH3 is 2. The van der Waals surface area contributed by atoms with Gasteiger partial charge in [-0.1, -0.05) is 23.7 Å². The molecule has 0 saturated heterocycles. The highest BCUT2D eigenvalue weighted by Gasteiger charge is 2.14. The Balaban J connectivity index is 1.76. The van der Waals surface area contributed by atoms with Crippen LogP contribution in [0, 0.1) is 0 Å². The first-order valence-corrected chi connectivity index (χ1v) is 8.82. The fourth-order valence-corrected chi connectivity index (χ4v) is 2.66. The molecule has 0 aliphatic carbocycles. The third kappa shape index (κ3) is 5.85. The van der Waals surface area contributed by atoms with Gasteiger partial charge < -0.3 is 19.5 Å². The third-order valence-corrected chi connectivity index (χ3v) is 4.10. The number of hydrogen-bond donors (Lipinski definition) is 1. The molecule has 1 N–H and O–H groups in total. The number of amides is 1. The molecule has 0 bridgehead atoms. The maximum atomic E-state index is 12.1. The Morgan fingerprint density at radius 2 is 1.88 bits per heavy atom. The Morgan fingerprint density at radius 3 is 2.58 bits per heavy atom. The lowest BCUT2D eigenvalue weighted by Crippen LogP contribution is -2.36. The highest BCUT2D eigenvalue weighted by molar-refractivity contribution is 6.30. The number of benzene rings is 2. The van der Waals surface area contributed by atoms with Crippen LogP contribution in [0.5, 0.6) is 17.2 Å². The zero-order valence-electron chi connectivity index (χ0n) is 15.3. The van der Waals surface area contributed by atoms with E-state index in [9.17, 15) is 4.79 Å². The minimum Gasteiger partial charge on any atom is -0.493 e. The van der Waals surface area contributed by atoms with E-state index < -0.39 is 6.10 Å². The summed E-state index contributed by atoms with van der Waals surface area (Å²) in [4.78, 5) is 12.1. The van der Waals surface area contributed by atoms with Gasteiger partial charge in [-0.05, 0) is 55.7 Å². The molecule has 6 heteroatoms. The Hall–Kier alpha value is -2.40. The van der Waals surface area contributed by atoms with Gasteiger partial charge in [0.1, 0.15) is 5.75 Å². The predicted octanol–water partition coefficient (Wildman–Crippen LogP) is 3.87. The van der Waals surface area contributed by atoms with Crippen molar-refractivity contribution in [2.75, 3.05) is 20.8 Å². The minimum absolute atomic E-state index is 0.155. The fourth-order valence-electron chi connectivity index (χ4n) is 2.48. The number of nitrogens with one attached hydrogen (secondary N) is 1. The first-order valence-electron chi connectivity index (χ1n) is 8.44. The first-order chi connectivity index (χ1) is 12.5. The van der Waals surface area contributed by atoms with Crippen LogP contribution in [0.2, 0.25) is 5.02 Å². The van der Waals surface area contributed by atoms with Gasteiger partial charge in [-0.2, -0.15) is 0 Å². The summed E-state index contributed by atoms with van der Waals surface area (Å²) in [5.41, 5.74) is 1.13. The van der Waals surface area contributed by atoms with Crippen molar-refractivity contribution < 1.29 is 19.0 Å². The number of halogens is 1. The summed E-state index contributed by atoms with van der Waals surface area (Å²) in [6.45, 7) is 2.28. The summed E-state index contributed by atoms with van der Waals surface area (Å²) in [6, 6.07) is 12.8. The van der Waals surface area contributed by atoms with Crippen molar-refractivity contribution >= 4 is 17.5 Å². The van der Waals surface area contributed by atoms with Gasteiger partial charge in [-0.25, -0.2) is 0 Å². The van der Waals surface area contributed by atoms with E-state index in [0.717, 1.165) is 18.4 Å². The second-order valence-corrected chi connectivity index (χ2v) is 6.24. The standard InChI is InChI=1S/C20H24ClNO4/c1-14(26-17-8-4-7-16(21)13-17)20(23)22-11-5-6-15-9-10-18(24-2)19(12-15)25-3/h4,7-10,12-14H,5-6,11H2,1-3H3,(H,22,23). The molecule has 5 nitrogen and oxygen atoms in total. The highest BCUT2D eigenvalue weighted by Crippen LogP contribution is 2.27. The van der Waals surface area contributed by atoms with Crippen molar-refractivity contribution in [2.45, 2.75) is 25.9 Å². The predicted molar refractivity (Wildman–Crippen MR) is 102 cm³/mol. The molecule has 2 rings (SSSR count). The van der Waals surface area contributed by atoms with E-state index in [0.29, 0.717) is 28.8 Å². The molecule has 140 valence electrons. The van der Waals surface area contributed by atoms with Crippen molar-refractivity contribution in [3.05, 3.63) is 53.1 Å². The molecule has 1 unspecified atom stereocenters. The van der Waals surface area contributed by atoms with Crippen LogP contribution in [-0.4, -0.2) is 32.8 Å². The topological polar surface area (TPSA) is 56.8 Å². The molecule has 0 spiro atoms. The van der Waals surface area contributed by atoms with Crippen molar-refractivity contribution in [1.82, 2.24) is 5.32 Å². The quantitative estimate of drug-likeness (QED) is 0.674. The van der Waals surface area contributed by atoms with E-state index in [4.69, 9.17) is 25.8 Å². The molecule has 2 aromatic rings. The van der Waals surface area contributed by atoms with Gasteiger partial charge >= 0.3 is 0 Å². The molecule has 2 aromatic carbocycles. The zero-order valence-corrected chi connectivity index (χ0v) is 16.0. The zero-order chi connectivity index (χ0) is 18.9. The Labute approximate surface area is 159 Å². The van der Waals surface area contributed by atoms with Gasteiger partial charge in [-0.3, -0.25) is 4.79 Å². The van der Waals surface area contributed by atoms with E-state index >= 15 is 0 Å². The second-order valence-electron chi connectivity index (χ2n) is 5.80. The largest absolute Gasteiger partial charge is 0.493 e. The summed E-state index contributed by atoms with van der Waals surface area (Å²) in [5, 5.41) is 3.46. The van der Waals surface area contributed by atoms with Crippen LogP contribution >= 0.6 is 11.6 Å². The Kier molecular flexibility index (Phi) is 7.60. The fraction of sp³-hybridized carbons (Fsp3) is 0.350. The van der Waals surface area contributed by atoms with Crippen LogP contribution in [0.25, 0.3) is 0 Å². The second kappa shape index (κ2) is 9.92. The van der Waals surface area contributed by atoms with Crippen LogP contribution in [-0.2, 0) is 11.2 Å². The molecule has 0 radical (unpaired) electrons. The molecule has 0 fully saturated rings. The smallest absolute Gasteiger partial charge is 0.260 e. The number of carbonyl (C=O) groups excluding carboxylic acids is 1. The van der Waals surface area contributed by atoms with Crippen molar-refractivity contribution in [3.63, 3.8) is 0 Å². The summed E-state index contributed by atoms with van der Waals surface area (Å²) in [5.74, 6) is 1.83. The van der Waals surface area contributed by atoms with Gasteiger partial charge in [0, 0.05) is 11.6 Å². The highest BCUT2D eigenvalue weighted by atomic mass is 35.5. The van der Waals surface area contributed by atoms with Crippen LogP contribution in [0.1, 0.15) is 18.9 Å². The number of carbonyl (C=O) groups is 1.